The van der Waals surface area contributed by atoms with E-state index < -0.39 is 0 Å². The number of carbonyl (C=O) groups excluding carboxylic acids is 1. The smallest absolute Gasteiger partial charge is 0.241 e. The Bertz CT molecular complexity index is 605. The Labute approximate surface area is 118 Å². The topological polar surface area (TPSA) is 66.9 Å². The maximum Gasteiger partial charge on any atom is 0.241 e. The second-order valence-electron chi connectivity index (χ2n) is 4.82. The lowest BCUT2D eigenvalue weighted by Crippen LogP contribution is -2.37. The zero-order chi connectivity index (χ0) is 14.7. The molecule has 1 amide bonds. The van der Waals surface area contributed by atoms with Crippen LogP contribution in [-0.2, 0) is 11.3 Å². The Morgan fingerprint density at radius 3 is 2.75 bits per heavy atom. The maximum atomic E-state index is 11.9. The molecule has 2 heterocycles. The summed E-state index contributed by atoms with van der Waals surface area (Å²) in [7, 11) is 3.51. The van der Waals surface area contributed by atoms with E-state index in [4.69, 9.17) is 5.73 Å². The minimum Gasteiger partial charge on any atom is -0.347 e. The summed E-state index contributed by atoms with van der Waals surface area (Å²) < 4.78 is 1.97. The van der Waals surface area contributed by atoms with E-state index in [0.29, 0.717) is 19.6 Å². The first-order valence-electron chi connectivity index (χ1n) is 6.69. The van der Waals surface area contributed by atoms with Crippen molar-refractivity contribution in [2.75, 3.05) is 32.1 Å². The lowest BCUT2D eigenvalue weighted by molar-refractivity contribution is -0.127. The van der Waals surface area contributed by atoms with Crippen molar-refractivity contribution in [2.24, 2.45) is 5.73 Å². The molecule has 6 heteroatoms. The van der Waals surface area contributed by atoms with E-state index in [9.17, 15) is 4.79 Å². The van der Waals surface area contributed by atoms with Crippen molar-refractivity contribution in [3.63, 3.8) is 0 Å². The molecule has 108 valence electrons. The van der Waals surface area contributed by atoms with Crippen LogP contribution in [0.25, 0.3) is 5.65 Å². The van der Waals surface area contributed by atoms with Crippen LogP contribution in [0.15, 0.2) is 24.4 Å². The first-order valence-corrected chi connectivity index (χ1v) is 6.69. The average molecular weight is 275 g/mol. The fraction of sp³-hybridized carbons (Fsp3) is 0.429. The third-order valence-electron chi connectivity index (χ3n) is 3.31. The monoisotopic (exact) mass is 275 g/mol. The molecule has 2 rings (SSSR count). The number of fused-ring (bicyclic) bond motifs is 1. The van der Waals surface area contributed by atoms with E-state index in [1.807, 2.05) is 40.6 Å². The van der Waals surface area contributed by atoms with Gasteiger partial charge in [-0.15, -0.1) is 0 Å². The van der Waals surface area contributed by atoms with E-state index in [0.717, 1.165) is 17.2 Å². The van der Waals surface area contributed by atoms with Gasteiger partial charge in [-0.2, -0.15) is 0 Å². The van der Waals surface area contributed by atoms with Crippen LogP contribution in [0.1, 0.15) is 12.6 Å². The molecular formula is C14H21N5O. The standard InChI is InChI=1S/C14H21N5O/c1-4-18(10-13(20)17(2)3)14-11(9-15)19-8-6-5-7-12(19)16-14/h5-8H,4,9-10,15H2,1-3H3. The van der Waals surface area contributed by atoms with Gasteiger partial charge >= 0.3 is 0 Å². The van der Waals surface area contributed by atoms with Crippen molar-refractivity contribution in [2.45, 2.75) is 13.5 Å². The number of carbonyl (C=O) groups is 1. The van der Waals surface area contributed by atoms with E-state index in [1.165, 1.54) is 0 Å². The molecule has 0 saturated carbocycles. The summed E-state index contributed by atoms with van der Waals surface area (Å²) in [5.74, 6) is 0.836. The van der Waals surface area contributed by atoms with Crippen LogP contribution in [0.3, 0.4) is 0 Å². The number of likely N-dealkylation sites (N-methyl/N-ethyl adjacent to an activating group) is 2. The number of pyridine rings is 1. The van der Waals surface area contributed by atoms with E-state index in [1.54, 1.807) is 19.0 Å². The highest BCUT2D eigenvalue weighted by Crippen LogP contribution is 2.21. The Balaban J connectivity index is 2.41. The molecule has 0 aromatic carbocycles. The summed E-state index contributed by atoms with van der Waals surface area (Å²) in [5, 5.41) is 0. The van der Waals surface area contributed by atoms with Gasteiger partial charge in [0.1, 0.15) is 5.65 Å². The number of hydrogen-bond acceptors (Lipinski definition) is 4. The molecule has 0 radical (unpaired) electrons. The van der Waals surface area contributed by atoms with E-state index in [2.05, 4.69) is 4.98 Å². The lowest BCUT2D eigenvalue weighted by atomic mass is 10.3. The van der Waals surface area contributed by atoms with Gasteiger partial charge in [0.15, 0.2) is 5.82 Å². The number of imidazole rings is 1. The quantitative estimate of drug-likeness (QED) is 0.872. The highest BCUT2D eigenvalue weighted by Gasteiger charge is 2.19. The third-order valence-corrected chi connectivity index (χ3v) is 3.31. The normalized spacial score (nSPS) is 10.8. The molecule has 0 spiro atoms. The Morgan fingerprint density at radius 2 is 2.15 bits per heavy atom. The fourth-order valence-corrected chi connectivity index (χ4v) is 2.12. The molecule has 0 fully saturated rings. The Kier molecular flexibility index (Phi) is 4.24. The van der Waals surface area contributed by atoms with Gasteiger partial charge in [-0.05, 0) is 19.1 Å². The fourth-order valence-electron chi connectivity index (χ4n) is 2.12. The molecule has 2 N–H and O–H groups in total. The Hall–Kier alpha value is -2.08. The Morgan fingerprint density at radius 1 is 1.40 bits per heavy atom. The minimum absolute atomic E-state index is 0.0480. The van der Waals surface area contributed by atoms with Crippen molar-refractivity contribution in [1.82, 2.24) is 14.3 Å². The van der Waals surface area contributed by atoms with Crippen LogP contribution < -0.4 is 10.6 Å². The highest BCUT2D eigenvalue weighted by atomic mass is 16.2. The number of hydrogen-bond donors (Lipinski definition) is 1. The molecule has 20 heavy (non-hydrogen) atoms. The van der Waals surface area contributed by atoms with E-state index >= 15 is 0 Å². The molecule has 0 aliphatic rings. The summed E-state index contributed by atoms with van der Waals surface area (Å²) in [4.78, 5) is 20.1. The van der Waals surface area contributed by atoms with Crippen molar-refractivity contribution in [3.8, 4) is 0 Å². The molecule has 2 aromatic rings. The van der Waals surface area contributed by atoms with Crippen LogP contribution in [0, 0.1) is 0 Å². The van der Waals surface area contributed by atoms with E-state index in [-0.39, 0.29) is 5.91 Å². The highest BCUT2D eigenvalue weighted by molar-refractivity contribution is 5.81. The first-order chi connectivity index (χ1) is 9.58. The van der Waals surface area contributed by atoms with Gasteiger partial charge in [-0.25, -0.2) is 4.98 Å². The number of aromatic nitrogens is 2. The molecule has 0 aliphatic heterocycles. The third kappa shape index (κ3) is 2.60. The summed E-state index contributed by atoms with van der Waals surface area (Å²) in [6, 6.07) is 5.82. The van der Waals surface area contributed by atoms with Gasteiger partial charge < -0.3 is 19.9 Å². The number of amides is 1. The molecule has 0 bridgehead atoms. The number of rotatable bonds is 5. The SMILES string of the molecule is CCN(CC(=O)N(C)C)c1nc2ccccn2c1CN. The van der Waals surface area contributed by atoms with Gasteiger partial charge in [-0.1, -0.05) is 6.07 Å². The van der Waals surface area contributed by atoms with Gasteiger partial charge in [0.05, 0.1) is 12.2 Å². The summed E-state index contributed by atoms with van der Waals surface area (Å²) >= 11 is 0. The number of anilines is 1. The molecule has 0 atom stereocenters. The van der Waals surface area contributed by atoms with Crippen LogP contribution in [0.2, 0.25) is 0 Å². The summed E-state index contributed by atoms with van der Waals surface area (Å²) in [5.41, 5.74) is 7.63. The average Bonchev–Trinajstić information content (AvgIpc) is 2.82. The summed E-state index contributed by atoms with van der Waals surface area (Å²) in [6.07, 6.45) is 1.94. The second kappa shape index (κ2) is 5.92. The predicted octanol–water partition coefficient (Wildman–Crippen LogP) is 0.707. The lowest BCUT2D eigenvalue weighted by Gasteiger charge is -2.23. The molecule has 2 aromatic heterocycles. The predicted molar refractivity (Wildman–Crippen MR) is 79.7 cm³/mol. The van der Waals surface area contributed by atoms with Crippen molar-refractivity contribution >= 4 is 17.4 Å². The largest absolute Gasteiger partial charge is 0.347 e. The minimum atomic E-state index is 0.0480. The van der Waals surface area contributed by atoms with Crippen molar-refractivity contribution < 1.29 is 4.79 Å². The molecule has 0 unspecified atom stereocenters. The van der Waals surface area contributed by atoms with Crippen LogP contribution in [-0.4, -0.2) is 47.4 Å². The van der Waals surface area contributed by atoms with Crippen LogP contribution in [0.4, 0.5) is 5.82 Å². The van der Waals surface area contributed by atoms with Crippen molar-refractivity contribution in [3.05, 3.63) is 30.1 Å². The van der Waals surface area contributed by atoms with Gasteiger partial charge in [0, 0.05) is 33.4 Å². The zero-order valence-corrected chi connectivity index (χ0v) is 12.2. The second-order valence-corrected chi connectivity index (χ2v) is 4.82. The zero-order valence-electron chi connectivity index (χ0n) is 12.2. The van der Waals surface area contributed by atoms with Gasteiger partial charge in [0.2, 0.25) is 5.91 Å². The maximum absolute atomic E-state index is 11.9. The van der Waals surface area contributed by atoms with Crippen LogP contribution in [0.5, 0.6) is 0 Å². The van der Waals surface area contributed by atoms with Gasteiger partial charge in [0.25, 0.3) is 0 Å². The molecule has 0 aliphatic carbocycles. The van der Waals surface area contributed by atoms with Gasteiger partial charge in [-0.3, -0.25) is 4.79 Å². The number of nitrogens with zero attached hydrogens (tertiary/aromatic N) is 4. The van der Waals surface area contributed by atoms with Crippen molar-refractivity contribution in [1.29, 1.82) is 0 Å². The van der Waals surface area contributed by atoms with Crippen LogP contribution >= 0.6 is 0 Å². The first kappa shape index (κ1) is 14.3. The molecular weight excluding hydrogens is 254 g/mol. The molecule has 6 nitrogen and oxygen atoms in total. The number of nitrogens with two attached hydrogens (primary N) is 1. The summed E-state index contributed by atoms with van der Waals surface area (Å²) in [6.45, 7) is 3.40. The molecule has 0 saturated heterocycles.